The molecule has 5 heteroatoms. The topological polar surface area (TPSA) is 56.5 Å². The third-order valence-corrected chi connectivity index (χ3v) is 2.95. The summed E-state index contributed by atoms with van der Waals surface area (Å²) in [5.41, 5.74) is 1.91. The highest BCUT2D eigenvalue weighted by Gasteiger charge is 2.12. The Balaban J connectivity index is 2.29. The lowest BCUT2D eigenvalue weighted by Crippen LogP contribution is -1.95. The molecule has 5 nitrogen and oxygen atoms in total. The lowest BCUT2D eigenvalue weighted by Gasteiger charge is -2.09. The van der Waals surface area contributed by atoms with Gasteiger partial charge in [0.25, 0.3) is 6.01 Å². The number of ether oxygens (including phenoxy) is 2. The minimum Gasteiger partial charge on any atom is -0.497 e. The molecule has 0 aliphatic heterocycles. The Morgan fingerprint density at radius 3 is 2.63 bits per heavy atom. The van der Waals surface area contributed by atoms with Gasteiger partial charge in [-0.15, -0.1) is 0 Å². The SMILES string of the molecule is CNc1nc(C)c(Cc2ccc(OC)cc2OC)o1. The largest absolute Gasteiger partial charge is 0.497 e. The lowest BCUT2D eigenvalue weighted by molar-refractivity contribution is 0.390. The number of nitrogens with zero attached hydrogens (tertiary/aromatic N) is 1. The fourth-order valence-corrected chi connectivity index (χ4v) is 1.87. The third kappa shape index (κ3) is 2.81. The van der Waals surface area contributed by atoms with Crippen molar-refractivity contribution in [1.82, 2.24) is 4.98 Å². The maximum atomic E-state index is 5.61. The summed E-state index contributed by atoms with van der Waals surface area (Å²) in [6.45, 7) is 1.93. The van der Waals surface area contributed by atoms with E-state index in [-0.39, 0.29) is 0 Å². The summed E-state index contributed by atoms with van der Waals surface area (Å²) >= 11 is 0. The smallest absolute Gasteiger partial charge is 0.294 e. The molecule has 0 radical (unpaired) electrons. The predicted molar refractivity (Wildman–Crippen MR) is 73.1 cm³/mol. The number of aromatic nitrogens is 1. The first-order chi connectivity index (χ1) is 9.17. The van der Waals surface area contributed by atoms with Crippen molar-refractivity contribution in [2.24, 2.45) is 0 Å². The van der Waals surface area contributed by atoms with Crippen LogP contribution in [0.3, 0.4) is 0 Å². The molecule has 1 aromatic heterocycles. The highest BCUT2D eigenvalue weighted by molar-refractivity contribution is 5.43. The number of oxazole rings is 1. The van der Waals surface area contributed by atoms with Gasteiger partial charge in [-0.05, 0) is 13.0 Å². The predicted octanol–water partition coefficient (Wildman–Crippen LogP) is 2.63. The summed E-state index contributed by atoms with van der Waals surface area (Å²) in [5, 5.41) is 2.89. The molecule has 0 aliphatic rings. The number of aryl methyl sites for hydroxylation is 1. The molecule has 2 rings (SSSR count). The zero-order valence-corrected chi connectivity index (χ0v) is 11.6. The van der Waals surface area contributed by atoms with Crippen LogP contribution >= 0.6 is 0 Å². The van der Waals surface area contributed by atoms with Crippen molar-refractivity contribution in [1.29, 1.82) is 0 Å². The number of rotatable bonds is 5. The molecule has 0 aliphatic carbocycles. The van der Waals surface area contributed by atoms with Gasteiger partial charge >= 0.3 is 0 Å². The summed E-state index contributed by atoms with van der Waals surface area (Å²) in [4.78, 5) is 4.27. The van der Waals surface area contributed by atoms with Crippen LogP contribution in [0.15, 0.2) is 22.6 Å². The van der Waals surface area contributed by atoms with Crippen molar-refractivity contribution in [2.45, 2.75) is 13.3 Å². The van der Waals surface area contributed by atoms with Crippen LogP contribution < -0.4 is 14.8 Å². The Labute approximate surface area is 112 Å². The molecule has 0 bridgehead atoms. The Morgan fingerprint density at radius 2 is 2.05 bits per heavy atom. The van der Waals surface area contributed by atoms with Crippen molar-refractivity contribution >= 4 is 6.01 Å². The zero-order chi connectivity index (χ0) is 13.8. The van der Waals surface area contributed by atoms with Gasteiger partial charge in [-0.2, -0.15) is 4.98 Å². The van der Waals surface area contributed by atoms with Crippen LogP contribution in [0, 0.1) is 6.92 Å². The van der Waals surface area contributed by atoms with E-state index in [1.165, 1.54) is 0 Å². The molecule has 0 unspecified atom stereocenters. The summed E-state index contributed by atoms with van der Waals surface area (Å²) in [5.74, 6) is 2.37. The van der Waals surface area contributed by atoms with Gasteiger partial charge in [-0.1, -0.05) is 6.07 Å². The van der Waals surface area contributed by atoms with Crippen molar-refractivity contribution in [2.75, 3.05) is 26.6 Å². The number of hydrogen-bond donors (Lipinski definition) is 1. The van der Waals surface area contributed by atoms with Crippen LogP contribution in [0.25, 0.3) is 0 Å². The van der Waals surface area contributed by atoms with E-state index in [1.54, 1.807) is 21.3 Å². The highest BCUT2D eigenvalue weighted by Crippen LogP contribution is 2.28. The van der Waals surface area contributed by atoms with Gasteiger partial charge in [-0.25, -0.2) is 0 Å². The average molecular weight is 262 g/mol. The second-order valence-electron chi connectivity index (χ2n) is 4.13. The van der Waals surface area contributed by atoms with Crippen LogP contribution in [0.2, 0.25) is 0 Å². The van der Waals surface area contributed by atoms with Gasteiger partial charge < -0.3 is 19.2 Å². The van der Waals surface area contributed by atoms with E-state index >= 15 is 0 Å². The van der Waals surface area contributed by atoms with Crippen molar-refractivity contribution in [3.8, 4) is 11.5 Å². The second kappa shape index (κ2) is 5.65. The van der Waals surface area contributed by atoms with Crippen LogP contribution in [-0.4, -0.2) is 26.3 Å². The molecule has 1 heterocycles. The van der Waals surface area contributed by atoms with Crippen LogP contribution in [0.5, 0.6) is 11.5 Å². The average Bonchev–Trinajstić information content (AvgIpc) is 2.80. The fraction of sp³-hybridized carbons (Fsp3) is 0.357. The molecule has 1 aromatic carbocycles. The molecule has 19 heavy (non-hydrogen) atoms. The van der Waals surface area contributed by atoms with E-state index in [2.05, 4.69) is 10.3 Å². The molecule has 1 N–H and O–H groups in total. The highest BCUT2D eigenvalue weighted by atomic mass is 16.5. The van der Waals surface area contributed by atoms with E-state index in [0.717, 1.165) is 28.5 Å². The molecule has 0 fully saturated rings. The van der Waals surface area contributed by atoms with Gasteiger partial charge in [-0.3, -0.25) is 0 Å². The third-order valence-electron chi connectivity index (χ3n) is 2.95. The molecule has 0 saturated carbocycles. The standard InChI is InChI=1S/C14H18N2O3/c1-9-12(19-14(15-2)16-9)7-10-5-6-11(17-3)8-13(10)18-4/h5-6,8H,7H2,1-4H3,(H,15,16). The first-order valence-corrected chi connectivity index (χ1v) is 6.03. The first kappa shape index (κ1) is 13.3. The summed E-state index contributed by atoms with van der Waals surface area (Å²) in [7, 11) is 5.06. The molecule has 0 atom stereocenters. The minimum absolute atomic E-state index is 0.528. The normalized spacial score (nSPS) is 10.3. The Kier molecular flexibility index (Phi) is 3.94. The fourth-order valence-electron chi connectivity index (χ4n) is 1.87. The Bertz CT molecular complexity index is 564. The summed E-state index contributed by atoms with van der Waals surface area (Å²) < 4.78 is 16.2. The number of nitrogens with one attached hydrogen (secondary N) is 1. The van der Waals surface area contributed by atoms with Crippen molar-refractivity contribution < 1.29 is 13.9 Å². The van der Waals surface area contributed by atoms with Gasteiger partial charge in [0.05, 0.1) is 19.9 Å². The van der Waals surface area contributed by atoms with E-state index in [9.17, 15) is 0 Å². The van der Waals surface area contributed by atoms with E-state index in [4.69, 9.17) is 13.9 Å². The van der Waals surface area contributed by atoms with Gasteiger partial charge in [0.1, 0.15) is 17.3 Å². The molecule has 102 valence electrons. The lowest BCUT2D eigenvalue weighted by atomic mass is 10.1. The molecule has 0 saturated heterocycles. The number of hydrogen-bond acceptors (Lipinski definition) is 5. The van der Waals surface area contributed by atoms with Crippen LogP contribution in [-0.2, 0) is 6.42 Å². The van der Waals surface area contributed by atoms with E-state index in [1.807, 2.05) is 25.1 Å². The van der Waals surface area contributed by atoms with Gasteiger partial charge in [0.15, 0.2) is 0 Å². The summed E-state index contributed by atoms with van der Waals surface area (Å²) in [6, 6.07) is 6.27. The van der Waals surface area contributed by atoms with Crippen molar-refractivity contribution in [3.05, 3.63) is 35.2 Å². The number of anilines is 1. The first-order valence-electron chi connectivity index (χ1n) is 6.03. The summed E-state index contributed by atoms with van der Waals surface area (Å²) in [6.07, 6.45) is 0.633. The van der Waals surface area contributed by atoms with Gasteiger partial charge in [0.2, 0.25) is 0 Å². The zero-order valence-electron chi connectivity index (χ0n) is 11.6. The maximum absolute atomic E-state index is 5.61. The van der Waals surface area contributed by atoms with Crippen LogP contribution in [0.4, 0.5) is 6.01 Å². The Hall–Kier alpha value is -2.17. The van der Waals surface area contributed by atoms with E-state index in [0.29, 0.717) is 12.4 Å². The molecular formula is C14H18N2O3. The number of benzene rings is 1. The van der Waals surface area contributed by atoms with Crippen molar-refractivity contribution in [3.63, 3.8) is 0 Å². The van der Waals surface area contributed by atoms with Crippen LogP contribution in [0.1, 0.15) is 17.0 Å². The number of methoxy groups -OCH3 is 2. The van der Waals surface area contributed by atoms with E-state index < -0.39 is 0 Å². The van der Waals surface area contributed by atoms with Gasteiger partial charge in [0, 0.05) is 25.1 Å². The molecule has 0 spiro atoms. The maximum Gasteiger partial charge on any atom is 0.294 e. The molecule has 2 aromatic rings. The molecule has 0 amide bonds. The minimum atomic E-state index is 0.528. The Morgan fingerprint density at radius 1 is 1.26 bits per heavy atom. The molecular weight excluding hydrogens is 244 g/mol. The second-order valence-corrected chi connectivity index (χ2v) is 4.13. The monoisotopic (exact) mass is 262 g/mol. The quantitative estimate of drug-likeness (QED) is 0.897.